The van der Waals surface area contributed by atoms with E-state index in [0.717, 1.165) is 46.2 Å². The first-order valence-electron chi connectivity index (χ1n) is 12.5. The monoisotopic (exact) mass is 622 g/mol. The average molecular weight is 622 g/mol. The van der Waals surface area contributed by atoms with E-state index in [1.807, 2.05) is 77.5 Å². The molecule has 2 radical (unpaired) electrons. The Hall–Kier alpha value is -4.18. The molecule has 1 aromatic heterocycles. The van der Waals surface area contributed by atoms with Crippen LogP contribution in [0.4, 0.5) is 5.69 Å². The summed E-state index contributed by atoms with van der Waals surface area (Å²) in [7, 11) is 6.22. The van der Waals surface area contributed by atoms with E-state index in [4.69, 9.17) is 7.85 Å². The number of para-hydroxylation sites is 1. The minimum atomic E-state index is -0.610. The molecule has 8 heteroatoms. The fourth-order valence-corrected chi connectivity index (χ4v) is 7.29. The van der Waals surface area contributed by atoms with E-state index < -0.39 is 20.7 Å². The Labute approximate surface area is 237 Å². The maximum absolute atomic E-state index is 12.7. The van der Waals surface area contributed by atoms with Gasteiger partial charge in [0.05, 0.1) is 10.1 Å². The fourth-order valence-electron chi connectivity index (χ4n) is 4.48. The third-order valence-electron chi connectivity index (χ3n) is 6.47. The van der Waals surface area contributed by atoms with Gasteiger partial charge in [0.2, 0.25) is 5.91 Å². The zero-order valence-electron chi connectivity index (χ0n) is 20.9. The second kappa shape index (κ2) is 10.9. The van der Waals surface area contributed by atoms with Gasteiger partial charge >= 0.3 is 0 Å². The number of anilines is 1. The number of fused-ring (bicyclic) bond motifs is 2. The Morgan fingerprint density at radius 3 is 2.49 bits per heavy atom. The summed E-state index contributed by atoms with van der Waals surface area (Å²) in [5, 5.41) is 23.6. The lowest BCUT2D eigenvalue weighted by atomic mass is 10.0. The summed E-state index contributed by atoms with van der Waals surface area (Å²) >= 11 is -0.610. The highest BCUT2D eigenvalue weighted by Crippen LogP contribution is 2.28. The Morgan fingerprint density at radius 1 is 0.923 bits per heavy atom. The second-order valence-electron chi connectivity index (χ2n) is 9.25. The summed E-state index contributed by atoms with van der Waals surface area (Å²) in [5.74, 6) is 1.01. The number of hydrogen-bond donors (Lipinski definition) is 3. The van der Waals surface area contributed by atoms with E-state index in [1.165, 1.54) is 0 Å². The number of aromatic hydroxyl groups is 1. The lowest BCUT2D eigenvalue weighted by Crippen LogP contribution is -2.24. The number of aromatic nitrogens is 2. The first-order valence-corrected chi connectivity index (χ1v) is 14.7. The average Bonchev–Trinajstić information content (AvgIpc) is 3.33. The molecule has 5 aromatic rings. The number of nitrogens with one attached hydrogen (secondary N) is 2. The Kier molecular flexibility index (Phi) is 7.02. The van der Waals surface area contributed by atoms with Crippen molar-refractivity contribution in [3.05, 3.63) is 124 Å². The Bertz CT molecular complexity index is 1760. The number of phenols is 1. The first kappa shape index (κ1) is 25.1. The van der Waals surface area contributed by atoms with Gasteiger partial charge in [-0.25, -0.2) is 4.68 Å². The fraction of sp³-hybridized carbons (Fsp3) is 0.0645. The van der Waals surface area contributed by atoms with Crippen LogP contribution in [0.3, 0.4) is 0 Å². The first-order chi connectivity index (χ1) is 19.0. The third kappa shape index (κ3) is 5.51. The van der Waals surface area contributed by atoms with Gasteiger partial charge < -0.3 is 15.7 Å². The maximum Gasteiger partial charge on any atom is 0.228 e. The number of carbonyl (C=O) groups is 1. The molecule has 3 N–H and O–H groups in total. The van der Waals surface area contributed by atoms with Gasteiger partial charge in [-0.2, -0.15) is 5.10 Å². The van der Waals surface area contributed by atoms with Crippen LogP contribution >= 0.6 is 20.7 Å². The molecule has 0 atom stereocenters. The molecule has 6 nitrogen and oxygen atoms in total. The molecule has 0 spiro atoms. The number of nitrogens with zero attached hydrogens (tertiary/aromatic N) is 2. The zero-order valence-corrected chi connectivity index (χ0v) is 23.1. The highest BCUT2D eigenvalue weighted by atomic mass is 127. The Balaban J connectivity index is 1.12. The number of hydrogen-bond acceptors (Lipinski definition) is 4. The smallest absolute Gasteiger partial charge is 0.228 e. The zero-order chi connectivity index (χ0) is 26.8. The van der Waals surface area contributed by atoms with Gasteiger partial charge in [0, 0.05) is 27.5 Å². The number of phenolic OH excluding ortho intramolecular Hbond substituents is 1. The van der Waals surface area contributed by atoms with Crippen LogP contribution in [0.1, 0.15) is 16.7 Å². The highest BCUT2D eigenvalue weighted by molar-refractivity contribution is 14.2. The molecule has 0 aliphatic carbocycles. The van der Waals surface area contributed by atoms with Crippen LogP contribution in [0.2, 0.25) is 0 Å². The molecule has 190 valence electrons. The minimum Gasteiger partial charge on any atom is -0.507 e. The van der Waals surface area contributed by atoms with Crippen molar-refractivity contribution >= 4 is 65.7 Å². The number of benzene rings is 4. The molecule has 0 bridgehead atoms. The van der Waals surface area contributed by atoms with Gasteiger partial charge in [-0.3, -0.25) is 4.79 Å². The van der Waals surface area contributed by atoms with Crippen LogP contribution in [0.15, 0.2) is 103 Å². The highest BCUT2D eigenvalue weighted by Gasteiger charge is 2.18. The normalized spacial score (nSPS) is 12.6. The molecule has 2 heterocycles. The molecule has 4 aromatic carbocycles. The predicted octanol–water partition coefficient (Wildman–Crippen LogP) is 4.68. The van der Waals surface area contributed by atoms with E-state index >= 15 is 0 Å². The van der Waals surface area contributed by atoms with Crippen LogP contribution in [-0.4, -0.2) is 32.1 Å². The van der Waals surface area contributed by atoms with Gasteiger partial charge in [0.1, 0.15) is 19.4 Å². The summed E-state index contributed by atoms with van der Waals surface area (Å²) in [4.78, 5) is 12.7. The van der Waals surface area contributed by atoms with Crippen LogP contribution in [0.5, 0.6) is 5.75 Å². The predicted molar refractivity (Wildman–Crippen MR) is 166 cm³/mol. The van der Waals surface area contributed by atoms with Crippen LogP contribution in [-0.2, 0) is 17.8 Å². The summed E-state index contributed by atoms with van der Waals surface area (Å²) in [5.41, 5.74) is 4.26. The van der Waals surface area contributed by atoms with Crippen LogP contribution < -0.4 is 16.1 Å². The van der Waals surface area contributed by atoms with Gasteiger partial charge in [-0.05, 0) is 51.6 Å². The van der Waals surface area contributed by atoms with Crippen LogP contribution in [0, 0.1) is 3.70 Å². The molecule has 1 amide bonds. The quantitative estimate of drug-likeness (QED) is 0.182. The third-order valence-corrected chi connectivity index (χ3v) is 9.53. The molecule has 1 aliphatic heterocycles. The lowest BCUT2D eigenvalue weighted by Gasteiger charge is -2.19. The number of halogens is 1. The summed E-state index contributed by atoms with van der Waals surface area (Å²) in [6.45, 7) is 0.558. The van der Waals surface area contributed by atoms with Gasteiger partial charge in [-0.15, -0.1) is 0 Å². The number of amides is 1. The van der Waals surface area contributed by atoms with E-state index in [0.29, 0.717) is 18.4 Å². The second-order valence-corrected chi connectivity index (χ2v) is 12.0. The van der Waals surface area contributed by atoms with Crippen molar-refractivity contribution in [3.63, 3.8) is 0 Å². The standard InChI is InChI=1S/C31H24BIN4O2/c32-26-19-35-37-29(17-27(33-31(26)37)25-7-3-4-8-28(25)38)34-18-20-10-13-24(14-11-20)36-30(39)16-21-9-12-22-5-1-2-6-23(22)15-21/h1-15,17,19,34,38H,16,18H2,(H,36,39). The molecular formula is C31H24BIN4O2. The summed E-state index contributed by atoms with van der Waals surface area (Å²) in [6.07, 6.45) is 4.03. The van der Waals surface area contributed by atoms with Crippen molar-refractivity contribution in [2.45, 2.75) is 13.0 Å². The SMILES string of the molecule is [B]c1cnn2c1I=C(c1ccccc1O)C=C2NCc1ccc(NC(=O)Cc2ccc3ccccc3c2)cc1. The molecule has 39 heavy (non-hydrogen) atoms. The maximum atomic E-state index is 12.7. The van der Waals surface area contributed by atoms with Crippen molar-refractivity contribution in [1.29, 1.82) is 0 Å². The lowest BCUT2D eigenvalue weighted by molar-refractivity contribution is -0.115. The summed E-state index contributed by atoms with van der Waals surface area (Å²) in [6, 6.07) is 29.4. The summed E-state index contributed by atoms with van der Waals surface area (Å²) < 4.78 is 3.91. The largest absolute Gasteiger partial charge is 0.507 e. The van der Waals surface area contributed by atoms with E-state index in [1.54, 1.807) is 12.3 Å². The number of rotatable bonds is 7. The van der Waals surface area contributed by atoms with Gasteiger partial charge in [-0.1, -0.05) is 93.5 Å². The number of allylic oxidation sites excluding steroid dienone is 1. The topological polar surface area (TPSA) is 79.2 Å². The van der Waals surface area contributed by atoms with Crippen molar-refractivity contribution in [2.75, 3.05) is 5.32 Å². The van der Waals surface area contributed by atoms with Gasteiger partial charge in [0.25, 0.3) is 0 Å². The molecule has 1 aliphatic rings. The molecule has 0 unspecified atom stereocenters. The van der Waals surface area contributed by atoms with E-state index in [2.05, 4.69) is 33.9 Å². The molecular weight excluding hydrogens is 598 g/mol. The molecule has 0 fully saturated rings. The van der Waals surface area contributed by atoms with Crippen LogP contribution in [0.25, 0.3) is 16.6 Å². The molecule has 0 saturated heterocycles. The minimum absolute atomic E-state index is 0.0529. The number of carbonyl (C=O) groups excluding carboxylic acids is 1. The van der Waals surface area contributed by atoms with Crippen molar-refractivity contribution in [2.24, 2.45) is 0 Å². The van der Waals surface area contributed by atoms with Crippen molar-refractivity contribution < 1.29 is 9.90 Å². The Morgan fingerprint density at radius 2 is 1.67 bits per heavy atom. The van der Waals surface area contributed by atoms with Crippen molar-refractivity contribution in [1.82, 2.24) is 15.1 Å². The molecule has 0 saturated carbocycles. The van der Waals surface area contributed by atoms with E-state index in [9.17, 15) is 9.90 Å². The van der Waals surface area contributed by atoms with Gasteiger partial charge in [0.15, 0.2) is 0 Å². The van der Waals surface area contributed by atoms with E-state index in [-0.39, 0.29) is 11.7 Å². The molecule has 6 rings (SSSR count). The van der Waals surface area contributed by atoms with Crippen molar-refractivity contribution in [3.8, 4) is 5.75 Å².